The standard InChI is InChI=1S/C29H34N2O2/c1-27-17-19-18-31(21-6-4-3-5-7-21)30-25(19)16-20(27)8-9-22-23(27)10-13-28(2)24(22)11-14-29(28)15-12-26(32)33-29/h3-9,16,19,22-24H,10-15,17-18H2,1-2H3/t19-,22+,23-,24-,27-,28-,29+/m0/s1. The van der Waals surface area contributed by atoms with Crippen molar-refractivity contribution in [3.05, 3.63) is 54.1 Å². The minimum Gasteiger partial charge on any atom is -0.458 e. The average molecular weight is 443 g/mol. The van der Waals surface area contributed by atoms with Gasteiger partial charge in [-0.2, -0.15) is 5.10 Å². The van der Waals surface area contributed by atoms with Crippen LogP contribution in [0.2, 0.25) is 0 Å². The van der Waals surface area contributed by atoms with Gasteiger partial charge in [0, 0.05) is 17.8 Å². The Hall–Kier alpha value is -2.36. The lowest BCUT2D eigenvalue weighted by molar-refractivity contribution is -0.165. The molecule has 0 radical (unpaired) electrons. The summed E-state index contributed by atoms with van der Waals surface area (Å²) in [5.41, 5.74) is 4.07. The molecule has 2 saturated carbocycles. The van der Waals surface area contributed by atoms with Crippen molar-refractivity contribution in [3.8, 4) is 0 Å². The highest BCUT2D eigenvalue weighted by Gasteiger charge is 2.66. The number of hydrazone groups is 1. The van der Waals surface area contributed by atoms with Crippen LogP contribution in [0, 0.1) is 34.5 Å². The van der Waals surface area contributed by atoms with Gasteiger partial charge in [-0.1, -0.05) is 44.2 Å². The fourth-order valence-electron chi connectivity index (χ4n) is 8.92. The van der Waals surface area contributed by atoms with Gasteiger partial charge in [0.05, 0.1) is 17.9 Å². The Balaban J connectivity index is 1.21. The van der Waals surface area contributed by atoms with Crippen LogP contribution in [0.1, 0.15) is 58.8 Å². The molecule has 7 atom stereocenters. The molecule has 0 bridgehead atoms. The largest absolute Gasteiger partial charge is 0.458 e. The predicted molar refractivity (Wildman–Crippen MR) is 130 cm³/mol. The molecule has 1 aromatic carbocycles. The lowest BCUT2D eigenvalue weighted by Gasteiger charge is -2.57. The number of hydrogen-bond acceptors (Lipinski definition) is 4. The van der Waals surface area contributed by atoms with Crippen LogP contribution in [0.4, 0.5) is 5.69 Å². The van der Waals surface area contributed by atoms with E-state index in [1.807, 2.05) is 0 Å². The third kappa shape index (κ3) is 2.58. The Labute approximate surface area is 196 Å². The summed E-state index contributed by atoms with van der Waals surface area (Å²) in [5.74, 6) is 2.42. The minimum atomic E-state index is -0.196. The number of hydrogen-bond donors (Lipinski definition) is 0. The molecular formula is C29H34N2O2. The average Bonchev–Trinajstić information content (AvgIpc) is 3.48. The molecule has 0 amide bonds. The zero-order valence-corrected chi connectivity index (χ0v) is 19.8. The Morgan fingerprint density at radius 1 is 1.06 bits per heavy atom. The molecule has 1 spiro atoms. The number of rotatable bonds is 1. The quantitative estimate of drug-likeness (QED) is 0.508. The monoisotopic (exact) mass is 442 g/mol. The van der Waals surface area contributed by atoms with Crippen molar-refractivity contribution in [2.24, 2.45) is 39.6 Å². The molecule has 4 aliphatic carbocycles. The van der Waals surface area contributed by atoms with Gasteiger partial charge in [0.2, 0.25) is 0 Å². The number of fused-ring (bicyclic) bond motifs is 7. The number of nitrogens with zero attached hydrogens (tertiary/aromatic N) is 2. The van der Waals surface area contributed by atoms with Gasteiger partial charge in [-0.15, -0.1) is 0 Å². The SMILES string of the molecule is C[C@]12C[C@H]3CN(c4ccccc4)N=C3C=C1C=C[C@@H]1[C@@H]2CC[C@@]2(C)[C@H]1CC[C@@]21CCC(=O)O1. The third-order valence-corrected chi connectivity index (χ3v) is 10.7. The molecule has 7 rings (SSSR count). The molecule has 0 aromatic heterocycles. The first-order valence-corrected chi connectivity index (χ1v) is 13.0. The second-order valence-electron chi connectivity index (χ2n) is 12.0. The molecule has 2 aliphatic heterocycles. The van der Waals surface area contributed by atoms with E-state index < -0.39 is 0 Å². The molecule has 0 unspecified atom stereocenters. The van der Waals surface area contributed by atoms with Crippen LogP contribution in [0.25, 0.3) is 0 Å². The van der Waals surface area contributed by atoms with E-state index in [1.54, 1.807) is 0 Å². The number of para-hydroxylation sites is 1. The van der Waals surface area contributed by atoms with Crippen molar-refractivity contribution >= 4 is 17.4 Å². The first-order valence-electron chi connectivity index (χ1n) is 13.0. The van der Waals surface area contributed by atoms with Crippen LogP contribution >= 0.6 is 0 Å². The minimum absolute atomic E-state index is 0.0265. The predicted octanol–water partition coefficient (Wildman–Crippen LogP) is 5.90. The Kier molecular flexibility index (Phi) is 4.02. The highest BCUT2D eigenvalue weighted by molar-refractivity contribution is 6.01. The van der Waals surface area contributed by atoms with Crippen LogP contribution in [0.5, 0.6) is 0 Å². The van der Waals surface area contributed by atoms with Gasteiger partial charge in [0.25, 0.3) is 0 Å². The molecular weight excluding hydrogens is 408 g/mol. The summed E-state index contributed by atoms with van der Waals surface area (Å²) in [7, 11) is 0. The van der Waals surface area contributed by atoms with E-state index in [9.17, 15) is 4.79 Å². The molecule has 4 heteroatoms. The van der Waals surface area contributed by atoms with Crippen LogP contribution in [-0.2, 0) is 9.53 Å². The number of carbonyl (C=O) groups is 1. The number of esters is 1. The number of ether oxygens (including phenoxy) is 1. The smallest absolute Gasteiger partial charge is 0.306 e. The van der Waals surface area contributed by atoms with Gasteiger partial charge in [-0.3, -0.25) is 9.80 Å². The summed E-state index contributed by atoms with van der Waals surface area (Å²) < 4.78 is 6.11. The molecule has 6 aliphatic rings. The Morgan fingerprint density at radius 3 is 2.67 bits per heavy atom. The van der Waals surface area contributed by atoms with Crippen molar-refractivity contribution in [1.82, 2.24) is 0 Å². The van der Waals surface area contributed by atoms with E-state index in [0.717, 1.165) is 19.4 Å². The van der Waals surface area contributed by atoms with E-state index in [-0.39, 0.29) is 22.4 Å². The summed E-state index contributed by atoms with van der Waals surface area (Å²) in [5, 5.41) is 7.22. The molecule has 33 heavy (non-hydrogen) atoms. The summed E-state index contributed by atoms with van der Waals surface area (Å²) in [6.07, 6.45) is 14.8. The fraction of sp³-hybridized carbons (Fsp3) is 0.586. The highest BCUT2D eigenvalue weighted by Crippen LogP contribution is 2.68. The van der Waals surface area contributed by atoms with Gasteiger partial charge in [-0.25, -0.2) is 0 Å². The van der Waals surface area contributed by atoms with Crippen LogP contribution in [0.3, 0.4) is 0 Å². The van der Waals surface area contributed by atoms with Crippen molar-refractivity contribution in [1.29, 1.82) is 0 Å². The number of anilines is 1. The van der Waals surface area contributed by atoms with Crippen molar-refractivity contribution in [3.63, 3.8) is 0 Å². The zero-order chi connectivity index (χ0) is 22.4. The Bertz CT molecular complexity index is 1110. The van der Waals surface area contributed by atoms with Gasteiger partial charge in [0.15, 0.2) is 0 Å². The normalized spacial score (nSPS) is 45.2. The van der Waals surface area contributed by atoms with E-state index in [1.165, 1.54) is 42.7 Å². The van der Waals surface area contributed by atoms with Gasteiger partial charge in [0.1, 0.15) is 5.60 Å². The highest BCUT2D eigenvalue weighted by atomic mass is 16.6. The summed E-state index contributed by atoms with van der Waals surface area (Å²) in [6.45, 7) is 5.96. The van der Waals surface area contributed by atoms with E-state index in [4.69, 9.17) is 9.84 Å². The lowest BCUT2D eigenvalue weighted by Crippen LogP contribution is -2.54. The molecule has 1 saturated heterocycles. The zero-order valence-electron chi connectivity index (χ0n) is 19.8. The topological polar surface area (TPSA) is 41.9 Å². The molecule has 3 fully saturated rings. The summed E-state index contributed by atoms with van der Waals surface area (Å²) in [6, 6.07) is 10.6. The molecule has 4 nitrogen and oxygen atoms in total. The van der Waals surface area contributed by atoms with Gasteiger partial charge < -0.3 is 4.74 Å². The maximum atomic E-state index is 12.1. The third-order valence-electron chi connectivity index (χ3n) is 10.7. The van der Waals surface area contributed by atoms with E-state index in [0.29, 0.717) is 30.1 Å². The number of benzene rings is 1. The first kappa shape index (κ1) is 20.1. The summed E-state index contributed by atoms with van der Waals surface area (Å²) in [4.78, 5) is 12.1. The number of carbonyl (C=O) groups excluding carboxylic acids is 1. The van der Waals surface area contributed by atoms with Crippen LogP contribution < -0.4 is 5.01 Å². The van der Waals surface area contributed by atoms with Crippen molar-refractivity contribution in [2.45, 2.75) is 64.4 Å². The lowest BCUT2D eigenvalue weighted by atomic mass is 9.47. The van der Waals surface area contributed by atoms with Gasteiger partial charge >= 0.3 is 5.97 Å². The molecule has 2 heterocycles. The molecule has 0 N–H and O–H groups in total. The molecule has 172 valence electrons. The van der Waals surface area contributed by atoms with E-state index in [2.05, 4.69) is 67.4 Å². The van der Waals surface area contributed by atoms with Crippen molar-refractivity contribution in [2.75, 3.05) is 11.6 Å². The van der Waals surface area contributed by atoms with Crippen LogP contribution in [-0.4, -0.2) is 23.8 Å². The maximum absolute atomic E-state index is 12.1. The fourth-order valence-corrected chi connectivity index (χ4v) is 8.92. The van der Waals surface area contributed by atoms with E-state index >= 15 is 0 Å². The number of allylic oxidation sites excluding steroid dienone is 4. The maximum Gasteiger partial charge on any atom is 0.306 e. The first-order chi connectivity index (χ1) is 15.9. The Morgan fingerprint density at radius 2 is 1.88 bits per heavy atom. The summed E-state index contributed by atoms with van der Waals surface area (Å²) >= 11 is 0. The second-order valence-corrected chi connectivity index (χ2v) is 12.0. The van der Waals surface area contributed by atoms with Crippen LogP contribution in [0.15, 0.2) is 59.2 Å². The van der Waals surface area contributed by atoms with Gasteiger partial charge in [-0.05, 0) is 85.5 Å². The molecule has 1 aromatic rings. The van der Waals surface area contributed by atoms with Crippen molar-refractivity contribution < 1.29 is 9.53 Å². The second kappa shape index (κ2) is 6.61.